The summed E-state index contributed by atoms with van der Waals surface area (Å²) in [4.78, 5) is 24.2. The van der Waals surface area contributed by atoms with Gasteiger partial charge in [-0.3, -0.25) is 4.79 Å². The highest BCUT2D eigenvalue weighted by atomic mass is 16.6. The lowest BCUT2D eigenvalue weighted by atomic mass is 9.86. The molecule has 0 radical (unpaired) electrons. The average Bonchev–Trinajstić information content (AvgIpc) is 2.50. The molecule has 0 aromatic rings. The van der Waals surface area contributed by atoms with Gasteiger partial charge < -0.3 is 4.74 Å². The Kier molecular flexibility index (Phi) is 3.13. The van der Waals surface area contributed by atoms with Gasteiger partial charge in [0.1, 0.15) is 6.61 Å². The van der Waals surface area contributed by atoms with Crippen molar-refractivity contribution < 1.29 is 14.3 Å². The van der Waals surface area contributed by atoms with Crippen LogP contribution in [0.2, 0.25) is 0 Å². The normalized spacial score (nSPS) is 17.1. The summed E-state index contributed by atoms with van der Waals surface area (Å²) in [5.74, 6) is -0.123. The Morgan fingerprint density at radius 2 is 2.21 bits per heavy atom. The van der Waals surface area contributed by atoms with Crippen LogP contribution in [-0.4, -0.2) is 30.1 Å². The van der Waals surface area contributed by atoms with E-state index in [0.29, 0.717) is 13.2 Å². The summed E-state index contributed by atoms with van der Waals surface area (Å²) in [5.41, 5.74) is -0.460. The second kappa shape index (κ2) is 3.98. The zero-order valence-corrected chi connectivity index (χ0v) is 9.00. The molecule has 0 aliphatic carbocycles. The molecule has 2 amide bonds. The van der Waals surface area contributed by atoms with Crippen molar-refractivity contribution in [1.82, 2.24) is 4.90 Å². The fourth-order valence-electron chi connectivity index (χ4n) is 1.68. The van der Waals surface area contributed by atoms with E-state index in [-0.39, 0.29) is 5.91 Å². The topological polar surface area (TPSA) is 46.6 Å². The van der Waals surface area contributed by atoms with Crippen LogP contribution in [0.25, 0.3) is 0 Å². The SMILES string of the molecule is CCCC(C)(C)C(=O)N1CCOC1=O. The number of nitrogens with zero attached hydrogens (tertiary/aromatic N) is 1. The molecule has 1 aliphatic rings. The molecular formula is C10H17NO3. The van der Waals surface area contributed by atoms with E-state index in [1.165, 1.54) is 4.90 Å². The van der Waals surface area contributed by atoms with E-state index in [9.17, 15) is 9.59 Å². The van der Waals surface area contributed by atoms with Gasteiger partial charge in [-0.2, -0.15) is 0 Å². The highest BCUT2D eigenvalue weighted by Gasteiger charge is 2.37. The largest absolute Gasteiger partial charge is 0.447 e. The third-order valence-corrected chi connectivity index (χ3v) is 2.46. The Bertz CT molecular complexity index is 248. The molecule has 1 saturated heterocycles. The standard InChI is InChI=1S/C10H17NO3/c1-4-5-10(2,3)8(12)11-6-7-14-9(11)13/h4-7H2,1-3H3. The predicted octanol–water partition coefficient (Wildman–Crippen LogP) is 1.79. The molecule has 0 aromatic heterocycles. The van der Waals surface area contributed by atoms with Crippen molar-refractivity contribution in [3.8, 4) is 0 Å². The molecule has 1 rings (SSSR count). The number of cyclic esters (lactones) is 1. The molecule has 4 heteroatoms. The number of carbonyl (C=O) groups excluding carboxylic acids is 2. The van der Waals surface area contributed by atoms with E-state index in [0.717, 1.165) is 12.8 Å². The number of imide groups is 1. The van der Waals surface area contributed by atoms with Crippen molar-refractivity contribution in [3.05, 3.63) is 0 Å². The minimum absolute atomic E-state index is 0.123. The van der Waals surface area contributed by atoms with Crippen molar-refractivity contribution in [2.75, 3.05) is 13.2 Å². The van der Waals surface area contributed by atoms with E-state index in [4.69, 9.17) is 4.74 Å². The van der Waals surface area contributed by atoms with Crippen LogP contribution in [0, 0.1) is 5.41 Å². The average molecular weight is 199 g/mol. The number of carbonyl (C=O) groups is 2. The number of amides is 2. The summed E-state index contributed by atoms with van der Waals surface area (Å²) < 4.78 is 4.73. The van der Waals surface area contributed by atoms with Crippen molar-refractivity contribution in [2.24, 2.45) is 5.41 Å². The third-order valence-electron chi connectivity index (χ3n) is 2.46. The Morgan fingerprint density at radius 1 is 1.57 bits per heavy atom. The summed E-state index contributed by atoms with van der Waals surface area (Å²) in [7, 11) is 0. The number of ether oxygens (including phenoxy) is 1. The maximum atomic E-state index is 11.9. The quantitative estimate of drug-likeness (QED) is 0.696. The zero-order chi connectivity index (χ0) is 10.8. The molecule has 1 aliphatic heterocycles. The van der Waals surface area contributed by atoms with Gasteiger partial charge in [0.05, 0.1) is 6.54 Å². The molecule has 0 unspecified atom stereocenters. The van der Waals surface area contributed by atoms with Gasteiger partial charge in [-0.25, -0.2) is 9.69 Å². The lowest BCUT2D eigenvalue weighted by Crippen LogP contribution is -2.41. The molecule has 0 aromatic carbocycles. The first-order valence-corrected chi connectivity index (χ1v) is 4.98. The summed E-state index contributed by atoms with van der Waals surface area (Å²) in [6.45, 7) is 6.48. The smallest absolute Gasteiger partial charge is 0.416 e. The van der Waals surface area contributed by atoms with Crippen molar-refractivity contribution in [2.45, 2.75) is 33.6 Å². The molecule has 14 heavy (non-hydrogen) atoms. The molecule has 80 valence electrons. The molecule has 0 spiro atoms. The zero-order valence-electron chi connectivity index (χ0n) is 9.00. The fraction of sp³-hybridized carbons (Fsp3) is 0.800. The minimum Gasteiger partial charge on any atom is -0.447 e. The minimum atomic E-state index is -0.501. The van der Waals surface area contributed by atoms with Gasteiger partial charge in [-0.1, -0.05) is 27.2 Å². The second-order valence-corrected chi connectivity index (χ2v) is 4.21. The van der Waals surface area contributed by atoms with Crippen LogP contribution in [0.5, 0.6) is 0 Å². The van der Waals surface area contributed by atoms with Gasteiger partial charge in [0, 0.05) is 5.41 Å². The van der Waals surface area contributed by atoms with Crippen LogP contribution in [0.1, 0.15) is 33.6 Å². The number of rotatable bonds is 3. The van der Waals surface area contributed by atoms with Crippen molar-refractivity contribution in [1.29, 1.82) is 0 Å². The van der Waals surface area contributed by atoms with Crippen LogP contribution in [0.4, 0.5) is 4.79 Å². The molecule has 4 nitrogen and oxygen atoms in total. The number of hydrogen-bond acceptors (Lipinski definition) is 3. The van der Waals surface area contributed by atoms with Gasteiger partial charge in [0.25, 0.3) is 0 Å². The van der Waals surface area contributed by atoms with Crippen LogP contribution >= 0.6 is 0 Å². The van der Waals surface area contributed by atoms with E-state index in [1.807, 2.05) is 20.8 Å². The van der Waals surface area contributed by atoms with Gasteiger partial charge in [-0.05, 0) is 6.42 Å². The summed E-state index contributed by atoms with van der Waals surface area (Å²) >= 11 is 0. The lowest BCUT2D eigenvalue weighted by molar-refractivity contribution is -0.137. The predicted molar refractivity (Wildman–Crippen MR) is 51.8 cm³/mol. The Hall–Kier alpha value is -1.06. The van der Waals surface area contributed by atoms with Gasteiger partial charge in [-0.15, -0.1) is 0 Å². The van der Waals surface area contributed by atoms with Crippen LogP contribution in [0.15, 0.2) is 0 Å². The summed E-state index contributed by atoms with van der Waals surface area (Å²) in [6.07, 6.45) is 1.22. The van der Waals surface area contributed by atoms with Gasteiger partial charge in [0.2, 0.25) is 5.91 Å². The Balaban J connectivity index is 2.68. The lowest BCUT2D eigenvalue weighted by Gasteiger charge is -2.25. The number of hydrogen-bond donors (Lipinski definition) is 0. The first kappa shape index (κ1) is 11.0. The van der Waals surface area contributed by atoms with E-state index >= 15 is 0 Å². The van der Waals surface area contributed by atoms with Crippen LogP contribution < -0.4 is 0 Å². The first-order chi connectivity index (χ1) is 6.49. The van der Waals surface area contributed by atoms with Crippen LogP contribution in [0.3, 0.4) is 0 Å². The molecular weight excluding hydrogens is 182 g/mol. The summed E-state index contributed by atoms with van der Waals surface area (Å²) in [5, 5.41) is 0. The highest BCUT2D eigenvalue weighted by Crippen LogP contribution is 2.26. The van der Waals surface area contributed by atoms with E-state index < -0.39 is 11.5 Å². The van der Waals surface area contributed by atoms with Crippen LogP contribution in [-0.2, 0) is 9.53 Å². The molecule has 1 heterocycles. The van der Waals surface area contributed by atoms with Crippen molar-refractivity contribution in [3.63, 3.8) is 0 Å². The maximum Gasteiger partial charge on any atom is 0.416 e. The fourth-order valence-corrected chi connectivity index (χ4v) is 1.68. The molecule has 0 bridgehead atoms. The second-order valence-electron chi connectivity index (χ2n) is 4.21. The van der Waals surface area contributed by atoms with E-state index in [1.54, 1.807) is 0 Å². The van der Waals surface area contributed by atoms with E-state index in [2.05, 4.69) is 0 Å². The highest BCUT2D eigenvalue weighted by molar-refractivity contribution is 5.95. The first-order valence-electron chi connectivity index (χ1n) is 4.98. The maximum absolute atomic E-state index is 11.9. The molecule has 0 atom stereocenters. The summed E-state index contributed by atoms with van der Waals surface area (Å²) in [6, 6.07) is 0. The van der Waals surface area contributed by atoms with Gasteiger partial charge in [0.15, 0.2) is 0 Å². The Morgan fingerprint density at radius 3 is 2.64 bits per heavy atom. The van der Waals surface area contributed by atoms with Gasteiger partial charge >= 0.3 is 6.09 Å². The molecule has 0 saturated carbocycles. The third kappa shape index (κ3) is 2.05. The molecule has 0 N–H and O–H groups in total. The molecule has 1 fully saturated rings. The monoisotopic (exact) mass is 199 g/mol. The van der Waals surface area contributed by atoms with Crippen molar-refractivity contribution >= 4 is 12.0 Å². The Labute approximate surface area is 84.2 Å².